The zero-order chi connectivity index (χ0) is 23.0. The molecule has 1 atom stereocenters. The Morgan fingerprint density at radius 3 is 2.58 bits per heavy atom. The van der Waals surface area contributed by atoms with Crippen LogP contribution in [0.1, 0.15) is 45.6 Å². The second-order valence-electron chi connectivity index (χ2n) is 8.63. The SMILES string of the molecule is CC(C)(C)OC(=O)NCCNC(=O)C1CCCN(C(=O)CCc2cc(F)ccc2F)C1. The smallest absolute Gasteiger partial charge is 0.407 e. The molecule has 1 unspecified atom stereocenters. The van der Waals surface area contributed by atoms with Gasteiger partial charge in [-0.25, -0.2) is 13.6 Å². The normalized spacial score (nSPS) is 16.5. The maximum Gasteiger partial charge on any atom is 0.407 e. The third kappa shape index (κ3) is 8.51. The number of halogens is 2. The summed E-state index contributed by atoms with van der Waals surface area (Å²) in [6, 6.07) is 3.19. The Morgan fingerprint density at radius 1 is 1.16 bits per heavy atom. The molecular weight excluding hydrogens is 408 g/mol. The van der Waals surface area contributed by atoms with E-state index < -0.39 is 23.3 Å². The first-order valence-electron chi connectivity index (χ1n) is 10.5. The monoisotopic (exact) mass is 439 g/mol. The number of hydrogen-bond donors (Lipinski definition) is 2. The van der Waals surface area contributed by atoms with Crippen molar-refractivity contribution in [3.8, 4) is 0 Å². The van der Waals surface area contributed by atoms with Gasteiger partial charge in [0.15, 0.2) is 0 Å². The molecule has 3 amide bonds. The van der Waals surface area contributed by atoms with E-state index in [0.29, 0.717) is 19.4 Å². The van der Waals surface area contributed by atoms with Gasteiger partial charge in [-0.15, -0.1) is 0 Å². The molecule has 172 valence electrons. The average molecular weight is 440 g/mol. The summed E-state index contributed by atoms with van der Waals surface area (Å²) in [4.78, 5) is 38.1. The van der Waals surface area contributed by atoms with Crippen molar-refractivity contribution < 1.29 is 27.9 Å². The van der Waals surface area contributed by atoms with E-state index in [0.717, 1.165) is 18.2 Å². The standard InChI is InChI=1S/C22H31F2N3O4/c1-22(2,3)31-21(30)26-11-10-25-20(29)16-5-4-12-27(14-16)19(28)9-6-15-13-17(23)7-8-18(15)24/h7-8,13,16H,4-6,9-12,14H2,1-3H3,(H,25,29)(H,26,30). The molecule has 1 aromatic carbocycles. The number of hydrogen-bond acceptors (Lipinski definition) is 4. The fraction of sp³-hybridized carbons (Fsp3) is 0.591. The summed E-state index contributed by atoms with van der Waals surface area (Å²) in [7, 11) is 0. The minimum absolute atomic E-state index is 0.0501. The highest BCUT2D eigenvalue weighted by Crippen LogP contribution is 2.19. The Balaban J connectivity index is 1.74. The van der Waals surface area contributed by atoms with Crippen molar-refractivity contribution in [1.29, 1.82) is 0 Å². The number of carbonyl (C=O) groups is 3. The molecule has 31 heavy (non-hydrogen) atoms. The molecule has 0 radical (unpaired) electrons. The van der Waals surface area contributed by atoms with Crippen molar-refractivity contribution in [3.63, 3.8) is 0 Å². The van der Waals surface area contributed by atoms with Gasteiger partial charge in [-0.3, -0.25) is 9.59 Å². The number of rotatable bonds is 7. The third-order valence-corrected chi connectivity index (χ3v) is 4.85. The maximum atomic E-state index is 13.7. The number of aryl methyl sites for hydroxylation is 1. The predicted molar refractivity (Wildman–Crippen MR) is 111 cm³/mol. The van der Waals surface area contributed by atoms with Crippen LogP contribution < -0.4 is 10.6 Å². The van der Waals surface area contributed by atoms with E-state index in [-0.39, 0.29) is 55.8 Å². The van der Waals surface area contributed by atoms with Crippen molar-refractivity contribution >= 4 is 17.9 Å². The molecule has 0 aromatic heterocycles. The lowest BCUT2D eigenvalue weighted by Gasteiger charge is -2.32. The number of benzene rings is 1. The number of alkyl carbamates (subject to hydrolysis) is 1. The van der Waals surface area contributed by atoms with Crippen LogP contribution in [0.4, 0.5) is 13.6 Å². The predicted octanol–water partition coefficient (Wildman–Crippen LogP) is 2.78. The molecule has 1 heterocycles. The molecule has 0 saturated carbocycles. The van der Waals surface area contributed by atoms with Crippen LogP contribution >= 0.6 is 0 Å². The van der Waals surface area contributed by atoms with Crippen LogP contribution in [0.15, 0.2) is 18.2 Å². The largest absolute Gasteiger partial charge is 0.444 e. The summed E-state index contributed by atoms with van der Waals surface area (Å²) < 4.78 is 32.1. The lowest BCUT2D eigenvalue weighted by Crippen LogP contribution is -2.46. The first-order chi connectivity index (χ1) is 14.5. The molecule has 7 nitrogen and oxygen atoms in total. The van der Waals surface area contributed by atoms with Gasteiger partial charge in [-0.1, -0.05) is 0 Å². The van der Waals surface area contributed by atoms with Gasteiger partial charge in [-0.05, 0) is 63.8 Å². The lowest BCUT2D eigenvalue weighted by molar-refractivity contribution is -0.135. The third-order valence-electron chi connectivity index (χ3n) is 4.85. The van der Waals surface area contributed by atoms with Gasteiger partial charge in [-0.2, -0.15) is 0 Å². The quantitative estimate of drug-likeness (QED) is 0.640. The molecule has 2 rings (SSSR count). The molecule has 0 bridgehead atoms. The fourth-order valence-electron chi connectivity index (χ4n) is 3.36. The van der Waals surface area contributed by atoms with Crippen molar-refractivity contribution in [2.75, 3.05) is 26.2 Å². The van der Waals surface area contributed by atoms with Gasteiger partial charge in [0.2, 0.25) is 11.8 Å². The number of likely N-dealkylation sites (tertiary alicyclic amines) is 1. The van der Waals surface area contributed by atoms with Crippen LogP contribution in [0, 0.1) is 17.6 Å². The van der Waals surface area contributed by atoms with E-state index >= 15 is 0 Å². The fourth-order valence-corrected chi connectivity index (χ4v) is 3.36. The van der Waals surface area contributed by atoms with Gasteiger partial charge >= 0.3 is 6.09 Å². The summed E-state index contributed by atoms with van der Waals surface area (Å²) in [6.45, 7) is 6.60. The first-order valence-corrected chi connectivity index (χ1v) is 10.5. The molecule has 9 heteroatoms. The minimum atomic E-state index is -0.591. The van der Waals surface area contributed by atoms with Crippen LogP contribution in [-0.2, 0) is 20.7 Å². The number of nitrogens with zero attached hydrogens (tertiary/aromatic N) is 1. The number of nitrogens with one attached hydrogen (secondary N) is 2. The Morgan fingerprint density at radius 2 is 1.87 bits per heavy atom. The highest BCUT2D eigenvalue weighted by atomic mass is 19.1. The van der Waals surface area contributed by atoms with Crippen molar-refractivity contribution in [3.05, 3.63) is 35.4 Å². The molecule has 1 fully saturated rings. The van der Waals surface area contributed by atoms with Crippen molar-refractivity contribution in [1.82, 2.24) is 15.5 Å². The number of ether oxygens (including phenoxy) is 1. The van der Waals surface area contributed by atoms with Crippen LogP contribution in [0.2, 0.25) is 0 Å². The Bertz CT molecular complexity index is 795. The van der Waals surface area contributed by atoms with Gasteiger partial charge < -0.3 is 20.3 Å². The Labute approximate surface area is 181 Å². The number of carbonyl (C=O) groups excluding carboxylic acids is 3. The van der Waals surface area contributed by atoms with Crippen molar-refractivity contribution in [2.45, 2.75) is 52.1 Å². The topological polar surface area (TPSA) is 87.7 Å². The molecule has 1 aliphatic rings. The molecule has 0 spiro atoms. The van der Waals surface area contributed by atoms with Crippen LogP contribution in [-0.4, -0.2) is 54.6 Å². The highest BCUT2D eigenvalue weighted by molar-refractivity contribution is 5.81. The first kappa shape index (κ1) is 24.6. The number of amides is 3. The number of piperidine rings is 1. The van der Waals surface area contributed by atoms with Crippen LogP contribution in [0.3, 0.4) is 0 Å². The van der Waals surface area contributed by atoms with Gasteiger partial charge in [0.25, 0.3) is 0 Å². The van der Waals surface area contributed by atoms with E-state index in [1.807, 2.05) is 0 Å². The van der Waals surface area contributed by atoms with E-state index in [9.17, 15) is 23.2 Å². The van der Waals surface area contributed by atoms with Crippen LogP contribution in [0.5, 0.6) is 0 Å². The molecule has 1 aromatic rings. The average Bonchev–Trinajstić information content (AvgIpc) is 2.70. The van der Waals surface area contributed by atoms with E-state index in [1.165, 1.54) is 0 Å². The Kier molecular flexibility index (Phi) is 8.76. The zero-order valence-corrected chi connectivity index (χ0v) is 18.3. The van der Waals surface area contributed by atoms with E-state index in [1.54, 1.807) is 25.7 Å². The summed E-state index contributed by atoms with van der Waals surface area (Å²) >= 11 is 0. The molecule has 1 saturated heterocycles. The maximum absolute atomic E-state index is 13.7. The van der Waals surface area contributed by atoms with Crippen LogP contribution in [0.25, 0.3) is 0 Å². The second-order valence-corrected chi connectivity index (χ2v) is 8.63. The second kappa shape index (κ2) is 11.1. The minimum Gasteiger partial charge on any atom is -0.444 e. The highest BCUT2D eigenvalue weighted by Gasteiger charge is 2.28. The summed E-state index contributed by atoms with van der Waals surface area (Å²) in [5.41, 5.74) is -0.427. The van der Waals surface area contributed by atoms with Gasteiger partial charge in [0.05, 0.1) is 5.92 Å². The summed E-state index contributed by atoms with van der Waals surface area (Å²) in [6.07, 6.45) is 0.952. The molecular formula is C22H31F2N3O4. The van der Waals surface area contributed by atoms with Gasteiger partial charge in [0.1, 0.15) is 17.2 Å². The molecule has 0 aliphatic carbocycles. The molecule has 1 aliphatic heterocycles. The van der Waals surface area contributed by atoms with Crippen molar-refractivity contribution in [2.24, 2.45) is 5.92 Å². The summed E-state index contributed by atoms with van der Waals surface area (Å²) in [5, 5.41) is 5.33. The zero-order valence-electron chi connectivity index (χ0n) is 18.3. The Hall–Kier alpha value is -2.71. The lowest BCUT2D eigenvalue weighted by atomic mass is 9.96. The van der Waals surface area contributed by atoms with E-state index in [2.05, 4.69) is 10.6 Å². The van der Waals surface area contributed by atoms with Gasteiger partial charge in [0, 0.05) is 32.6 Å². The van der Waals surface area contributed by atoms with E-state index in [4.69, 9.17) is 4.74 Å². The summed E-state index contributed by atoms with van der Waals surface area (Å²) in [5.74, 6) is -1.79. The molecule has 2 N–H and O–H groups in total.